The quantitative estimate of drug-likeness (QED) is 0.287. The number of fused-ring (bicyclic) bond motifs is 1. The van der Waals surface area contributed by atoms with Crippen molar-refractivity contribution in [3.8, 4) is 11.1 Å². The lowest BCUT2D eigenvalue weighted by atomic mass is 10.1. The zero-order valence-corrected chi connectivity index (χ0v) is 19.8. The van der Waals surface area contributed by atoms with Crippen molar-refractivity contribution in [2.75, 3.05) is 31.1 Å². The van der Waals surface area contributed by atoms with Crippen LogP contribution in [0, 0.1) is 5.82 Å². The molecular weight excluding hydrogens is 455 g/mol. The first-order valence-electron chi connectivity index (χ1n) is 10.8. The van der Waals surface area contributed by atoms with Crippen molar-refractivity contribution in [3.63, 3.8) is 0 Å². The number of aromatic nitrogens is 2. The number of halogens is 1. The van der Waals surface area contributed by atoms with E-state index in [4.69, 9.17) is 0 Å². The maximum Gasteiger partial charge on any atom is 0.235 e. The average molecular weight is 479 g/mol. The lowest BCUT2D eigenvalue weighted by Crippen LogP contribution is -2.50. The Kier molecular flexibility index (Phi) is 6.28. The van der Waals surface area contributed by atoms with E-state index in [-0.39, 0.29) is 17.0 Å². The molecule has 8 heteroatoms. The SMILES string of the molecule is CC(Sc1ncnc2scc(-c3ccc(F)cc3)c12)C(=O)N1CCN(c2ccccc2)CC1. The molecule has 1 unspecified atom stereocenters. The monoisotopic (exact) mass is 478 g/mol. The van der Waals surface area contributed by atoms with Gasteiger partial charge in [0.2, 0.25) is 5.91 Å². The molecule has 168 valence electrons. The zero-order valence-electron chi connectivity index (χ0n) is 18.1. The Morgan fingerprint density at radius 1 is 1.03 bits per heavy atom. The summed E-state index contributed by atoms with van der Waals surface area (Å²) >= 11 is 3.00. The molecule has 2 aromatic heterocycles. The van der Waals surface area contributed by atoms with Gasteiger partial charge in [-0.05, 0) is 36.8 Å². The van der Waals surface area contributed by atoms with Crippen LogP contribution in [0.4, 0.5) is 10.1 Å². The highest BCUT2D eigenvalue weighted by Gasteiger charge is 2.27. The number of rotatable bonds is 5. The molecule has 33 heavy (non-hydrogen) atoms. The van der Waals surface area contributed by atoms with Crippen LogP contribution in [0.2, 0.25) is 0 Å². The van der Waals surface area contributed by atoms with Crippen molar-refractivity contribution >= 4 is 44.9 Å². The van der Waals surface area contributed by atoms with Gasteiger partial charge in [0.05, 0.1) is 10.6 Å². The minimum absolute atomic E-state index is 0.123. The number of benzene rings is 2. The lowest BCUT2D eigenvalue weighted by molar-refractivity contribution is -0.130. The number of carbonyl (C=O) groups is 1. The molecule has 1 aliphatic rings. The topological polar surface area (TPSA) is 49.3 Å². The molecule has 1 atom stereocenters. The van der Waals surface area contributed by atoms with Gasteiger partial charge in [-0.2, -0.15) is 0 Å². The number of nitrogens with zero attached hydrogens (tertiary/aromatic N) is 4. The molecule has 2 aromatic carbocycles. The number of thiophene rings is 1. The van der Waals surface area contributed by atoms with E-state index in [1.165, 1.54) is 40.9 Å². The van der Waals surface area contributed by atoms with Crippen molar-refractivity contribution in [2.45, 2.75) is 17.2 Å². The molecule has 5 nitrogen and oxygen atoms in total. The number of thioether (sulfide) groups is 1. The largest absolute Gasteiger partial charge is 0.368 e. The smallest absolute Gasteiger partial charge is 0.235 e. The van der Waals surface area contributed by atoms with Crippen LogP contribution < -0.4 is 4.90 Å². The molecule has 0 N–H and O–H groups in total. The van der Waals surface area contributed by atoms with Crippen LogP contribution in [0.5, 0.6) is 0 Å². The van der Waals surface area contributed by atoms with Gasteiger partial charge >= 0.3 is 0 Å². The van der Waals surface area contributed by atoms with E-state index >= 15 is 0 Å². The van der Waals surface area contributed by atoms with Crippen LogP contribution >= 0.6 is 23.1 Å². The Labute approximate surface area is 200 Å². The first-order valence-corrected chi connectivity index (χ1v) is 12.6. The Bertz CT molecular complexity index is 1250. The Hall–Kier alpha value is -2.97. The summed E-state index contributed by atoms with van der Waals surface area (Å²) in [6.45, 7) is 5.00. The van der Waals surface area contributed by atoms with Crippen LogP contribution in [0.1, 0.15) is 6.92 Å². The van der Waals surface area contributed by atoms with Crippen LogP contribution in [-0.4, -0.2) is 52.2 Å². The molecule has 1 saturated heterocycles. The van der Waals surface area contributed by atoms with E-state index in [1.807, 2.05) is 35.4 Å². The van der Waals surface area contributed by atoms with E-state index in [1.54, 1.807) is 18.5 Å². The highest BCUT2D eigenvalue weighted by atomic mass is 32.2. The predicted molar refractivity (Wildman–Crippen MR) is 133 cm³/mol. The first-order chi connectivity index (χ1) is 16.1. The van der Waals surface area contributed by atoms with Crippen molar-refractivity contribution in [1.82, 2.24) is 14.9 Å². The summed E-state index contributed by atoms with van der Waals surface area (Å²) in [6, 6.07) is 16.7. The average Bonchev–Trinajstić information content (AvgIpc) is 3.30. The van der Waals surface area contributed by atoms with Gasteiger partial charge < -0.3 is 9.80 Å². The van der Waals surface area contributed by atoms with Gasteiger partial charge in [-0.1, -0.05) is 42.1 Å². The Balaban J connectivity index is 1.31. The van der Waals surface area contributed by atoms with Crippen LogP contribution in [0.3, 0.4) is 0 Å². The van der Waals surface area contributed by atoms with Gasteiger partial charge in [-0.3, -0.25) is 4.79 Å². The number of hydrogen-bond donors (Lipinski definition) is 0. The van der Waals surface area contributed by atoms with Crippen LogP contribution in [-0.2, 0) is 4.79 Å². The maximum absolute atomic E-state index is 13.4. The normalized spacial score (nSPS) is 15.1. The summed E-state index contributed by atoms with van der Waals surface area (Å²) in [6.07, 6.45) is 1.55. The van der Waals surface area contributed by atoms with Gasteiger partial charge in [0.1, 0.15) is 22.0 Å². The minimum atomic E-state index is -0.271. The fourth-order valence-corrected chi connectivity index (χ4v) is 6.08. The number of hydrogen-bond acceptors (Lipinski definition) is 6. The third-order valence-electron chi connectivity index (χ3n) is 5.84. The summed E-state index contributed by atoms with van der Waals surface area (Å²) in [5, 5.41) is 3.45. The van der Waals surface area contributed by atoms with E-state index < -0.39 is 0 Å². The second-order valence-electron chi connectivity index (χ2n) is 7.92. The number of amides is 1. The minimum Gasteiger partial charge on any atom is -0.368 e. The number of anilines is 1. The van der Waals surface area contributed by atoms with Crippen molar-refractivity contribution in [1.29, 1.82) is 0 Å². The van der Waals surface area contributed by atoms with Crippen molar-refractivity contribution < 1.29 is 9.18 Å². The van der Waals surface area contributed by atoms with E-state index in [2.05, 4.69) is 27.0 Å². The molecule has 1 aliphatic heterocycles. The van der Waals surface area contributed by atoms with Crippen LogP contribution in [0.15, 0.2) is 71.3 Å². The maximum atomic E-state index is 13.4. The molecule has 1 amide bonds. The lowest BCUT2D eigenvalue weighted by Gasteiger charge is -2.37. The number of para-hydroxylation sites is 1. The predicted octanol–water partition coefficient (Wildman–Crippen LogP) is 5.33. The van der Waals surface area contributed by atoms with Gasteiger partial charge in [0.15, 0.2) is 0 Å². The van der Waals surface area contributed by atoms with Crippen LogP contribution in [0.25, 0.3) is 21.3 Å². The second kappa shape index (κ2) is 9.49. The molecule has 4 aromatic rings. The molecule has 0 saturated carbocycles. The highest BCUT2D eigenvalue weighted by molar-refractivity contribution is 8.00. The Morgan fingerprint density at radius 2 is 1.76 bits per heavy atom. The van der Waals surface area contributed by atoms with E-state index in [0.29, 0.717) is 13.1 Å². The molecule has 0 aliphatic carbocycles. The number of carbonyl (C=O) groups excluding carboxylic acids is 1. The standard InChI is InChI=1S/C25H23FN4OS2/c1-17(25(31)30-13-11-29(12-14-30)20-5-3-2-4-6-20)33-24-22-21(15-32-23(22)27-16-28-24)18-7-9-19(26)10-8-18/h2-10,15-17H,11-14H2,1H3. The fourth-order valence-electron chi connectivity index (χ4n) is 4.08. The Morgan fingerprint density at radius 3 is 2.48 bits per heavy atom. The van der Waals surface area contributed by atoms with Crippen molar-refractivity contribution in [2.24, 2.45) is 0 Å². The van der Waals surface area contributed by atoms with Gasteiger partial charge in [0.25, 0.3) is 0 Å². The first kappa shape index (κ1) is 21.9. The van der Waals surface area contributed by atoms with Crippen molar-refractivity contribution in [3.05, 3.63) is 72.1 Å². The summed E-state index contributed by atoms with van der Waals surface area (Å²) in [5.41, 5.74) is 3.07. The molecule has 5 rings (SSSR count). The van der Waals surface area contributed by atoms with Gasteiger partial charge in [-0.15, -0.1) is 11.3 Å². The third-order valence-corrected chi connectivity index (χ3v) is 7.81. The molecular formula is C25H23FN4OS2. The second-order valence-corrected chi connectivity index (χ2v) is 10.1. The van der Waals surface area contributed by atoms with E-state index in [0.717, 1.165) is 39.5 Å². The summed E-state index contributed by atoms with van der Waals surface area (Å²) in [4.78, 5) is 27.3. The van der Waals surface area contributed by atoms with Gasteiger partial charge in [0, 0.05) is 42.8 Å². The molecule has 0 spiro atoms. The fraction of sp³-hybridized carbons (Fsp3) is 0.240. The zero-order chi connectivity index (χ0) is 22.8. The van der Waals surface area contributed by atoms with Gasteiger partial charge in [-0.25, -0.2) is 14.4 Å². The molecule has 1 fully saturated rings. The summed E-state index contributed by atoms with van der Waals surface area (Å²) in [5.74, 6) is -0.145. The summed E-state index contributed by atoms with van der Waals surface area (Å²) in [7, 11) is 0. The third kappa shape index (κ3) is 4.58. The molecule has 3 heterocycles. The molecule has 0 radical (unpaired) electrons. The molecule has 0 bridgehead atoms. The summed E-state index contributed by atoms with van der Waals surface area (Å²) < 4.78 is 13.4. The van der Waals surface area contributed by atoms with E-state index in [9.17, 15) is 9.18 Å². The highest BCUT2D eigenvalue weighted by Crippen LogP contribution is 2.39. The number of piperazine rings is 1.